The minimum atomic E-state index is -0.205. The van der Waals surface area contributed by atoms with Gasteiger partial charge in [-0.05, 0) is 67.2 Å². The molecule has 0 amide bonds. The van der Waals surface area contributed by atoms with Crippen molar-refractivity contribution in [1.29, 1.82) is 0 Å². The molecule has 0 heterocycles. The predicted molar refractivity (Wildman–Crippen MR) is 105 cm³/mol. The molecule has 0 aliphatic carbocycles. The summed E-state index contributed by atoms with van der Waals surface area (Å²) in [7, 11) is 0. The van der Waals surface area contributed by atoms with Crippen LogP contribution < -0.4 is 0 Å². The average molecular weight is 317 g/mol. The number of hydrogen-bond acceptors (Lipinski definition) is 1. The Bertz CT molecular complexity index is 458. The first kappa shape index (κ1) is 21.7. The molecule has 130 valence electrons. The zero-order valence-electron chi connectivity index (χ0n) is 16.1. The molecular weight excluding hydrogens is 280 g/mol. The zero-order chi connectivity index (χ0) is 17.7. The van der Waals surface area contributed by atoms with Crippen molar-refractivity contribution >= 4 is 0 Å². The largest absolute Gasteiger partial charge is 0.371 e. The molecule has 0 aromatic carbocycles. The molecule has 0 radical (unpaired) electrons. The highest BCUT2D eigenvalue weighted by molar-refractivity contribution is 5.21. The van der Waals surface area contributed by atoms with Gasteiger partial charge in [0.25, 0.3) is 0 Å². The second kappa shape index (κ2) is 12.1. The first-order valence-corrected chi connectivity index (χ1v) is 8.74. The van der Waals surface area contributed by atoms with Gasteiger partial charge in [0.15, 0.2) is 0 Å². The summed E-state index contributed by atoms with van der Waals surface area (Å²) in [5, 5.41) is 0. The molecule has 0 fully saturated rings. The molecule has 1 heteroatoms. The number of allylic oxidation sites excluding steroid dienone is 8. The molecule has 0 unspecified atom stereocenters. The molecule has 0 aromatic rings. The Balaban J connectivity index is 4.57. The maximum Gasteiger partial charge on any atom is 0.0840 e. The fourth-order valence-electron chi connectivity index (χ4n) is 2.30. The van der Waals surface area contributed by atoms with E-state index < -0.39 is 0 Å². The van der Waals surface area contributed by atoms with Gasteiger partial charge in [-0.1, -0.05) is 59.8 Å². The molecule has 0 saturated carbocycles. The molecule has 0 bridgehead atoms. The van der Waals surface area contributed by atoms with Crippen LogP contribution in [0.25, 0.3) is 0 Å². The van der Waals surface area contributed by atoms with E-state index in [1.807, 2.05) is 13.0 Å². The Hall–Kier alpha value is -1.34. The minimum Gasteiger partial charge on any atom is -0.371 e. The Labute approximate surface area is 144 Å². The van der Waals surface area contributed by atoms with Crippen LogP contribution in [0.1, 0.15) is 67.2 Å². The van der Waals surface area contributed by atoms with E-state index in [2.05, 4.69) is 71.6 Å². The van der Waals surface area contributed by atoms with Crippen molar-refractivity contribution < 1.29 is 4.74 Å². The molecule has 1 nitrogen and oxygen atoms in total. The van der Waals surface area contributed by atoms with Gasteiger partial charge in [-0.15, -0.1) is 0 Å². The Morgan fingerprint density at radius 1 is 1.09 bits per heavy atom. The van der Waals surface area contributed by atoms with Gasteiger partial charge in [0, 0.05) is 6.61 Å². The maximum absolute atomic E-state index is 5.96. The molecule has 0 N–H and O–H groups in total. The summed E-state index contributed by atoms with van der Waals surface area (Å²) in [6, 6.07) is 0. The van der Waals surface area contributed by atoms with E-state index in [0.717, 1.165) is 37.9 Å². The van der Waals surface area contributed by atoms with E-state index in [1.54, 1.807) is 0 Å². The van der Waals surface area contributed by atoms with Crippen molar-refractivity contribution in [2.75, 3.05) is 6.61 Å². The van der Waals surface area contributed by atoms with Gasteiger partial charge in [0.2, 0.25) is 0 Å². The zero-order valence-corrected chi connectivity index (χ0v) is 16.1. The first-order chi connectivity index (χ1) is 10.8. The van der Waals surface area contributed by atoms with E-state index in [0.29, 0.717) is 0 Å². The van der Waals surface area contributed by atoms with E-state index in [1.165, 1.54) is 11.1 Å². The van der Waals surface area contributed by atoms with Crippen molar-refractivity contribution in [2.45, 2.75) is 72.8 Å². The van der Waals surface area contributed by atoms with E-state index in [9.17, 15) is 0 Å². The van der Waals surface area contributed by atoms with Crippen molar-refractivity contribution in [3.8, 4) is 0 Å². The fraction of sp³-hybridized carbons (Fsp3) is 0.545. The monoisotopic (exact) mass is 316 g/mol. The smallest absolute Gasteiger partial charge is 0.0840 e. The van der Waals surface area contributed by atoms with Gasteiger partial charge in [0.05, 0.1) is 5.60 Å². The molecule has 0 aliphatic heterocycles. The highest BCUT2D eigenvalue weighted by Gasteiger charge is 2.19. The summed E-state index contributed by atoms with van der Waals surface area (Å²) in [6.07, 6.45) is 17.2. The summed E-state index contributed by atoms with van der Waals surface area (Å²) in [4.78, 5) is 0. The Morgan fingerprint density at radius 2 is 1.78 bits per heavy atom. The maximum atomic E-state index is 5.96. The van der Waals surface area contributed by atoms with Crippen molar-refractivity contribution in [3.05, 3.63) is 59.8 Å². The molecule has 0 saturated heterocycles. The van der Waals surface area contributed by atoms with Crippen LogP contribution in [0.5, 0.6) is 0 Å². The van der Waals surface area contributed by atoms with Gasteiger partial charge in [-0.2, -0.15) is 0 Å². The summed E-state index contributed by atoms with van der Waals surface area (Å²) in [5.41, 5.74) is 3.82. The standard InChI is InChI=1S/C22H36O/c1-8-20(5)15-11-17-22(7,23-9-2)18-12-16-21(6)14-10-13-19(3)4/h8,11,13,15-17H,1,9-10,12,14,18H2,2-7H3/b17-11+,20-15-,21-16+/t22-/m1/s1. The Kier molecular flexibility index (Phi) is 11.4. The lowest BCUT2D eigenvalue weighted by Crippen LogP contribution is -2.25. The summed E-state index contributed by atoms with van der Waals surface area (Å²) in [6.45, 7) is 17.3. The molecule has 0 aliphatic rings. The van der Waals surface area contributed by atoms with E-state index in [4.69, 9.17) is 4.74 Å². The fourth-order valence-corrected chi connectivity index (χ4v) is 2.30. The highest BCUT2D eigenvalue weighted by atomic mass is 16.5. The summed E-state index contributed by atoms with van der Waals surface area (Å²) >= 11 is 0. The third-order valence-electron chi connectivity index (χ3n) is 3.83. The second-order valence-electron chi connectivity index (χ2n) is 6.63. The molecule has 0 aromatic heterocycles. The lowest BCUT2D eigenvalue weighted by molar-refractivity contribution is 0.00815. The lowest BCUT2D eigenvalue weighted by atomic mass is 9.97. The van der Waals surface area contributed by atoms with Gasteiger partial charge in [0.1, 0.15) is 0 Å². The molecule has 1 atom stereocenters. The topological polar surface area (TPSA) is 9.23 Å². The van der Waals surface area contributed by atoms with E-state index >= 15 is 0 Å². The van der Waals surface area contributed by atoms with Crippen LogP contribution in [-0.2, 0) is 4.74 Å². The van der Waals surface area contributed by atoms with Crippen molar-refractivity contribution in [1.82, 2.24) is 0 Å². The molecule has 0 spiro atoms. The molecule has 23 heavy (non-hydrogen) atoms. The van der Waals surface area contributed by atoms with Crippen LogP contribution in [0, 0.1) is 0 Å². The molecular formula is C22H36O. The number of ether oxygens (including phenoxy) is 1. The number of hydrogen-bond donors (Lipinski definition) is 0. The SMILES string of the molecule is C=C/C(C)=C\C=C\[C@](C)(CC/C=C(\C)CCC=C(C)C)OCC. The van der Waals surface area contributed by atoms with Crippen LogP contribution in [0.2, 0.25) is 0 Å². The average Bonchev–Trinajstić information content (AvgIpc) is 2.46. The van der Waals surface area contributed by atoms with Crippen LogP contribution in [0.4, 0.5) is 0 Å². The first-order valence-electron chi connectivity index (χ1n) is 8.74. The predicted octanol–water partition coefficient (Wildman–Crippen LogP) is 6.94. The summed E-state index contributed by atoms with van der Waals surface area (Å²) in [5.74, 6) is 0. The Morgan fingerprint density at radius 3 is 2.35 bits per heavy atom. The summed E-state index contributed by atoms with van der Waals surface area (Å²) < 4.78 is 5.96. The quantitative estimate of drug-likeness (QED) is 0.296. The third kappa shape index (κ3) is 11.8. The van der Waals surface area contributed by atoms with Gasteiger partial charge in [-0.3, -0.25) is 0 Å². The van der Waals surface area contributed by atoms with Crippen LogP contribution in [0.15, 0.2) is 59.8 Å². The lowest BCUT2D eigenvalue weighted by Gasteiger charge is -2.25. The second-order valence-corrected chi connectivity index (χ2v) is 6.63. The van der Waals surface area contributed by atoms with Crippen LogP contribution in [-0.4, -0.2) is 12.2 Å². The van der Waals surface area contributed by atoms with Crippen molar-refractivity contribution in [2.24, 2.45) is 0 Å². The van der Waals surface area contributed by atoms with Crippen molar-refractivity contribution in [3.63, 3.8) is 0 Å². The van der Waals surface area contributed by atoms with Gasteiger partial charge < -0.3 is 4.74 Å². The van der Waals surface area contributed by atoms with Gasteiger partial charge in [-0.25, -0.2) is 0 Å². The minimum absolute atomic E-state index is 0.205. The normalized spacial score (nSPS) is 15.6. The van der Waals surface area contributed by atoms with Crippen LogP contribution >= 0.6 is 0 Å². The van der Waals surface area contributed by atoms with Gasteiger partial charge >= 0.3 is 0 Å². The molecule has 0 rings (SSSR count). The highest BCUT2D eigenvalue weighted by Crippen LogP contribution is 2.21. The third-order valence-corrected chi connectivity index (χ3v) is 3.83. The van der Waals surface area contributed by atoms with Crippen LogP contribution in [0.3, 0.4) is 0 Å². The number of rotatable bonds is 11. The van der Waals surface area contributed by atoms with E-state index in [-0.39, 0.29) is 5.60 Å².